The van der Waals surface area contributed by atoms with E-state index in [0.29, 0.717) is 0 Å². The van der Waals surface area contributed by atoms with Crippen molar-refractivity contribution >= 4 is 0 Å². The van der Waals surface area contributed by atoms with E-state index < -0.39 is 5.54 Å². The van der Waals surface area contributed by atoms with Crippen LogP contribution in [0.3, 0.4) is 0 Å². The van der Waals surface area contributed by atoms with Crippen LogP contribution in [0.2, 0.25) is 0 Å². The van der Waals surface area contributed by atoms with Gasteiger partial charge in [-0.15, -0.1) is 0 Å². The summed E-state index contributed by atoms with van der Waals surface area (Å²) in [6, 6.07) is 2.32. The lowest BCUT2D eigenvalue weighted by atomic mass is 9.97. The van der Waals surface area contributed by atoms with Crippen LogP contribution in [0.4, 0.5) is 0 Å². The van der Waals surface area contributed by atoms with Crippen LogP contribution in [0.1, 0.15) is 20.8 Å². The zero-order valence-electron chi connectivity index (χ0n) is 10.1. The summed E-state index contributed by atoms with van der Waals surface area (Å²) in [5, 5.41) is 12.2. The third kappa shape index (κ3) is 2.91. The van der Waals surface area contributed by atoms with Crippen molar-refractivity contribution in [1.29, 1.82) is 5.26 Å². The van der Waals surface area contributed by atoms with Gasteiger partial charge in [-0.25, -0.2) is 0 Å². The molecule has 0 amide bonds. The standard InChI is InChI=1S/C11H21N3O/c1-10(2)9-15-6-5-14(10)8-11(3,7-12)13-4/h13H,5-6,8-9H2,1-4H3. The molecule has 0 aromatic carbocycles. The number of nitrogens with one attached hydrogen (secondary N) is 1. The molecule has 0 saturated carbocycles. The Morgan fingerprint density at radius 2 is 2.27 bits per heavy atom. The van der Waals surface area contributed by atoms with Crippen LogP contribution in [-0.2, 0) is 4.74 Å². The molecule has 1 aliphatic heterocycles. The largest absolute Gasteiger partial charge is 0.378 e. The second-order valence-electron chi connectivity index (χ2n) is 4.98. The van der Waals surface area contributed by atoms with Crippen LogP contribution in [0, 0.1) is 11.3 Å². The molecule has 0 aromatic heterocycles. The number of hydrogen-bond donors (Lipinski definition) is 1. The Kier molecular flexibility index (Phi) is 3.72. The number of ether oxygens (including phenoxy) is 1. The van der Waals surface area contributed by atoms with Crippen molar-refractivity contribution in [3.63, 3.8) is 0 Å². The predicted octanol–water partition coefficient (Wildman–Crippen LogP) is 0.599. The van der Waals surface area contributed by atoms with Crippen LogP contribution in [-0.4, -0.2) is 49.3 Å². The van der Waals surface area contributed by atoms with Gasteiger partial charge >= 0.3 is 0 Å². The minimum atomic E-state index is -0.478. The summed E-state index contributed by atoms with van der Waals surface area (Å²) in [5.41, 5.74) is -0.457. The molecule has 15 heavy (non-hydrogen) atoms. The fourth-order valence-corrected chi connectivity index (χ4v) is 1.74. The Morgan fingerprint density at radius 1 is 1.60 bits per heavy atom. The van der Waals surface area contributed by atoms with Crippen molar-refractivity contribution in [2.75, 3.05) is 33.4 Å². The van der Waals surface area contributed by atoms with Gasteiger partial charge in [-0.3, -0.25) is 4.90 Å². The lowest BCUT2D eigenvalue weighted by Gasteiger charge is -2.44. The summed E-state index contributed by atoms with van der Waals surface area (Å²) in [6.07, 6.45) is 0. The van der Waals surface area contributed by atoms with E-state index in [9.17, 15) is 0 Å². The number of rotatable bonds is 3. The third-order valence-electron chi connectivity index (χ3n) is 3.12. The molecule has 0 bridgehead atoms. The molecule has 1 atom stereocenters. The maximum Gasteiger partial charge on any atom is 0.116 e. The topological polar surface area (TPSA) is 48.3 Å². The van der Waals surface area contributed by atoms with Crippen molar-refractivity contribution in [3.05, 3.63) is 0 Å². The molecule has 1 N–H and O–H groups in total. The number of nitriles is 1. The molecule has 1 aliphatic rings. The first-order valence-corrected chi connectivity index (χ1v) is 5.36. The highest BCUT2D eigenvalue weighted by atomic mass is 16.5. The second-order valence-corrected chi connectivity index (χ2v) is 4.98. The summed E-state index contributed by atoms with van der Waals surface area (Å²) in [6.45, 7) is 9.35. The molecular formula is C11H21N3O. The monoisotopic (exact) mass is 211 g/mol. The molecule has 0 spiro atoms. The summed E-state index contributed by atoms with van der Waals surface area (Å²) in [4.78, 5) is 2.32. The molecule has 1 saturated heterocycles. The summed E-state index contributed by atoms with van der Waals surface area (Å²) >= 11 is 0. The van der Waals surface area contributed by atoms with E-state index in [4.69, 9.17) is 10.00 Å². The van der Waals surface area contributed by atoms with E-state index in [0.717, 1.165) is 26.3 Å². The Morgan fingerprint density at radius 3 is 2.73 bits per heavy atom. The first kappa shape index (κ1) is 12.4. The molecular weight excluding hydrogens is 190 g/mol. The van der Waals surface area contributed by atoms with Gasteiger partial charge in [0.15, 0.2) is 0 Å². The van der Waals surface area contributed by atoms with Crippen molar-refractivity contribution in [1.82, 2.24) is 10.2 Å². The minimum absolute atomic E-state index is 0.0210. The molecule has 1 fully saturated rings. The highest BCUT2D eigenvalue weighted by molar-refractivity contribution is 5.06. The highest BCUT2D eigenvalue weighted by Crippen LogP contribution is 2.21. The maximum absolute atomic E-state index is 9.12. The average Bonchev–Trinajstić information content (AvgIpc) is 2.21. The van der Waals surface area contributed by atoms with E-state index in [2.05, 4.69) is 30.1 Å². The van der Waals surface area contributed by atoms with E-state index in [1.807, 2.05) is 14.0 Å². The van der Waals surface area contributed by atoms with Gasteiger partial charge < -0.3 is 10.1 Å². The lowest BCUT2D eigenvalue weighted by Crippen LogP contribution is -2.59. The maximum atomic E-state index is 9.12. The molecule has 1 heterocycles. The molecule has 0 radical (unpaired) electrons. The van der Waals surface area contributed by atoms with Crippen molar-refractivity contribution < 1.29 is 4.74 Å². The molecule has 1 rings (SSSR count). The molecule has 86 valence electrons. The van der Waals surface area contributed by atoms with Crippen LogP contribution in [0.5, 0.6) is 0 Å². The molecule has 1 unspecified atom stereocenters. The zero-order chi connectivity index (χ0) is 11.5. The summed E-state index contributed by atoms with van der Waals surface area (Å²) in [7, 11) is 1.83. The second kappa shape index (κ2) is 4.48. The molecule has 0 aliphatic carbocycles. The Hall–Kier alpha value is -0.630. The zero-order valence-corrected chi connectivity index (χ0v) is 10.1. The molecule has 4 nitrogen and oxygen atoms in total. The van der Waals surface area contributed by atoms with E-state index >= 15 is 0 Å². The van der Waals surface area contributed by atoms with E-state index in [-0.39, 0.29) is 5.54 Å². The number of hydrogen-bond acceptors (Lipinski definition) is 4. The lowest BCUT2D eigenvalue weighted by molar-refractivity contribution is -0.0570. The number of morpholine rings is 1. The predicted molar refractivity (Wildman–Crippen MR) is 59.5 cm³/mol. The quantitative estimate of drug-likeness (QED) is 0.742. The first-order valence-electron chi connectivity index (χ1n) is 5.36. The number of likely N-dealkylation sites (N-methyl/N-ethyl adjacent to an activating group) is 1. The Labute approximate surface area is 92.2 Å². The van der Waals surface area contributed by atoms with Crippen LogP contribution >= 0.6 is 0 Å². The van der Waals surface area contributed by atoms with Gasteiger partial charge in [0, 0.05) is 18.6 Å². The third-order valence-corrected chi connectivity index (χ3v) is 3.12. The average molecular weight is 211 g/mol. The van der Waals surface area contributed by atoms with E-state index in [1.165, 1.54) is 0 Å². The van der Waals surface area contributed by atoms with E-state index in [1.54, 1.807) is 0 Å². The Balaban J connectivity index is 2.68. The Bertz CT molecular complexity index is 259. The highest BCUT2D eigenvalue weighted by Gasteiger charge is 2.35. The van der Waals surface area contributed by atoms with Gasteiger partial charge in [-0.05, 0) is 27.8 Å². The fourth-order valence-electron chi connectivity index (χ4n) is 1.74. The van der Waals surface area contributed by atoms with Crippen LogP contribution in [0.25, 0.3) is 0 Å². The molecule has 4 heteroatoms. The van der Waals surface area contributed by atoms with Crippen molar-refractivity contribution in [2.45, 2.75) is 31.8 Å². The van der Waals surface area contributed by atoms with Gasteiger partial charge in [-0.2, -0.15) is 5.26 Å². The van der Waals surface area contributed by atoms with Gasteiger partial charge in [-0.1, -0.05) is 0 Å². The number of nitrogens with zero attached hydrogens (tertiary/aromatic N) is 2. The fraction of sp³-hybridized carbons (Fsp3) is 0.909. The van der Waals surface area contributed by atoms with Gasteiger partial charge in [0.25, 0.3) is 0 Å². The minimum Gasteiger partial charge on any atom is -0.378 e. The normalized spacial score (nSPS) is 25.5. The van der Waals surface area contributed by atoms with Crippen LogP contribution in [0.15, 0.2) is 0 Å². The van der Waals surface area contributed by atoms with Crippen molar-refractivity contribution in [3.8, 4) is 6.07 Å². The van der Waals surface area contributed by atoms with Crippen molar-refractivity contribution in [2.24, 2.45) is 0 Å². The summed E-state index contributed by atoms with van der Waals surface area (Å²) < 4.78 is 5.45. The van der Waals surface area contributed by atoms with Gasteiger partial charge in [0.2, 0.25) is 0 Å². The molecule has 0 aromatic rings. The van der Waals surface area contributed by atoms with Gasteiger partial charge in [0.1, 0.15) is 5.54 Å². The first-order chi connectivity index (χ1) is 6.93. The SMILES string of the molecule is CNC(C)(C#N)CN1CCOCC1(C)C. The summed E-state index contributed by atoms with van der Waals surface area (Å²) in [5.74, 6) is 0. The van der Waals surface area contributed by atoms with Gasteiger partial charge in [0.05, 0.1) is 19.3 Å². The van der Waals surface area contributed by atoms with Crippen LogP contribution < -0.4 is 5.32 Å². The smallest absolute Gasteiger partial charge is 0.116 e.